The molecular formula is C74H59BN2OSi. The summed E-state index contributed by atoms with van der Waals surface area (Å²) in [6.45, 7) is 13.4. The van der Waals surface area contributed by atoms with Crippen molar-refractivity contribution >= 4 is 90.8 Å². The third-order valence-corrected chi connectivity index (χ3v) is 22.0. The molecule has 15 rings (SSSR count). The predicted molar refractivity (Wildman–Crippen MR) is 338 cm³/mol. The molecule has 0 saturated carbocycles. The lowest BCUT2D eigenvalue weighted by Crippen LogP contribution is -2.73. The molecule has 0 atom stereocenters. The number of hydrogen-bond acceptors (Lipinski definition) is 2. The van der Waals surface area contributed by atoms with E-state index in [4.69, 9.17) is 8.85 Å². The number of hydrogen-bond donors (Lipinski definition) is 0. The van der Waals surface area contributed by atoms with Gasteiger partial charge in [-0.15, -0.1) is 0 Å². The number of ether oxygens (including phenoxy) is 1. The van der Waals surface area contributed by atoms with Crippen LogP contribution in [-0.2, 0) is 10.8 Å². The highest BCUT2D eigenvalue weighted by molar-refractivity contribution is 7.22. The molecule has 0 bridgehead atoms. The summed E-state index contributed by atoms with van der Waals surface area (Å²) in [6.07, 6.45) is 0. The number of para-hydroxylation sites is 2. The Morgan fingerprint density at radius 1 is 0.430 bits per heavy atom. The van der Waals surface area contributed by atoms with Gasteiger partial charge in [-0.05, 0) is 148 Å². The monoisotopic (exact) mass is 1040 g/mol. The molecule has 0 N–H and O–H groups in total. The van der Waals surface area contributed by atoms with E-state index in [-0.39, 0.29) is 47.4 Å². The van der Waals surface area contributed by atoms with Crippen molar-refractivity contribution in [1.29, 1.82) is 0 Å². The third-order valence-electron chi connectivity index (χ3n) is 17.1. The van der Waals surface area contributed by atoms with E-state index in [0.717, 1.165) is 83.5 Å². The van der Waals surface area contributed by atoms with Crippen molar-refractivity contribution in [2.45, 2.75) is 52.4 Å². The van der Waals surface area contributed by atoms with E-state index < -0.39 is 14.1 Å². The number of anilines is 3. The first-order chi connectivity index (χ1) is 40.5. The van der Waals surface area contributed by atoms with E-state index >= 15 is 0 Å². The minimum atomic E-state index is -2.98. The van der Waals surface area contributed by atoms with Crippen LogP contribution in [0.2, 0.25) is 0 Å². The summed E-state index contributed by atoms with van der Waals surface area (Å²) in [4.78, 5) is 2.53. The largest absolute Gasteiger partial charge is 0.458 e. The van der Waals surface area contributed by atoms with Gasteiger partial charge in [-0.1, -0.05) is 230 Å². The zero-order valence-corrected chi connectivity index (χ0v) is 46.2. The molecule has 1 aromatic heterocycles. The first-order valence-electron chi connectivity index (χ1n) is 30.0. The van der Waals surface area contributed by atoms with Crippen molar-refractivity contribution in [1.82, 2.24) is 4.57 Å². The van der Waals surface area contributed by atoms with Crippen molar-refractivity contribution in [3.63, 3.8) is 0 Å². The van der Waals surface area contributed by atoms with Crippen LogP contribution in [0.15, 0.2) is 249 Å². The molecule has 378 valence electrons. The van der Waals surface area contributed by atoms with Gasteiger partial charge in [-0.2, -0.15) is 0 Å². The maximum Gasteiger partial charge on any atom is 0.256 e. The molecule has 0 saturated heterocycles. The van der Waals surface area contributed by atoms with Crippen molar-refractivity contribution in [2.24, 2.45) is 0 Å². The van der Waals surface area contributed by atoms with Gasteiger partial charge in [0.25, 0.3) is 6.71 Å². The van der Waals surface area contributed by atoms with Crippen molar-refractivity contribution < 1.29 is 11.6 Å². The van der Waals surface area contributed by atoms with Crippen LogP contribution in [0, 0.1) is 0 Å². The second-order valence-electron chi connectivity index (χ2n) is 23.7. The van der Waals surface area contributed by atoms with Gasteiger partial charge in [0.05, 0.1) is 23.6 Å². The molecule has 3 aliphatic rings. The Bertz CT molecular complexity index is 4670. The Kier molecular flexibility index (Phi) is 9.37. The molecule has 3 nitrogen and oxygen atoms in total. The van der Waals surface area contributed by atoms with Gasteiger partial charge in [0.1, 0.15) is 11.5 Å². The molecule has 12 aromatic rings. The second-order valence-corrected chi connectivity index (χ2v) is 27.4. The lowest BCUT2D eigenvalue weighted by molar-refractivity contribution is 0.486. The van der Waals surface area contributed by atoms with Gasteiger partial charge in [-0.25, -0.2) is 0 Å². The fourth-order valence-corrected chi connectivity index (χ4v) is 18.6. The SMILES string of the molecule is [2H]c1c([2H])c([2H])c(-n2c3ccccc3c3ccc(-c4cc5c6c(c4)N(c4ccc(C(C)(C)C)cc4-c4ccccc4)c4cc7c(cc4B6c4cc(C(C)(C)C)ccc4O5)[Si](c4ccccc4)(c4ccccc4)c4ccccc4-7)cc32)c([2H])c1[2H]. The van der Waals surface area contributed by atoms with Crippen LogP contribution in [0.25, 0.3) is 60.9 Å². The van der Waals surface area contributed by atoms with E-state index in [0.29, 0.717) is 0 Å². The van der Waals surface area contributed by atoms with Crippen LogP contribution >= 0.6 is 0 Å². The van der Waals surface area contributed by atoms with Crippen LogP contribution in [0.4, 0.5) is 17.1 Å². The zero-order chi connectivity index (χ0) is 57.7. The molecule has 4 heterocycles. The first-order valence-corrected chi connectivity index (χ1v) is 29.5. The highest BCUT2D eigenvalue weighted by atomic mass is 28.3. The predicted octanol–water partition coefficient (Wildman–Crippen LogP) is 14.5. The van der Waals surface area contributed by atoms with Crippen LogP contribution in [0.3, 0.4) is 0 Å². The fourth-order valence-electron chi connectivity index (χ4n) is 13.4. The normalized spacial score (nSPS) is 14.7. The molecule has 0 amide bonds. The van der Waals surface area contributed by atoms with Crippen molar-refractivity contribution in [3.05, 3.63) is 260 Å². The summed E-state index contributed by atoms with van der Waals surface area (Å²) in [5.74, 6) is 1.58. The number of rotatable bonds is 6. The van der Waals surface area contributed by atoms with Gasteiger partial charge >= 0.3 is 0 Å². The van der Waals surface area contributed by atoms with Crippen LogP contribution in [-0.4, -0.2) is 19.4 Å². The summed E-state index contributed by atoms with van der Waals surface area (Å²) < 4.78 is 53.8. The standard InChI is InChI=1S/C74H59BN2OSi/c1-73(2,3)51-36-39-64(59(44-51)48-23-11-7-12-24-48)77-66-46-60-58-32-20-22-34-70(58)79(54-27-15-9-16-28-54,55-29-17-10-18-30-55)71(60)47-61(66)75-62-45-52(74(4,5)6)37-40-68(62)78-69-43-50(42-67(77)72(69)75)49-35-38-57-56-31-19-21-33-63(56)76(65(57)41-49)53-25-13-8-14-26-53/h7-47H,1-6H3/i8D,13D,14D,25D,26D. The van der Waals surface area contributed by atoms with Crippen molar-refractivity contribution in [3.8, 4) is 50.6 Å². The Balaban J connectivity index is 1.07. The van der Waals surface area contributed by atoms with Crippen LogP contribution in [0.5, 0.6) is 11.5 Å². The molecule has 79 heavy (non-hydrogen) atoms. The van der Waals surface area contributed by atoms with E-state index in [2.05, 4.69) is 241 Å². The van der Waals surface area contributed by atoms with E-state index in [1.165, 1.54) is 48.5 Å². The summed E-state index contributed by atoms with van der Waals surface area (Å²) in [5, 5.41) is 7.26. The number of benzene rings is 11. The summed E-state index contributed by atoms with van der Waals surface area (Å²) >= 11 is 0. The Labute approximate surface area is 472 Å². The van der Waals surface area contributed by atoms with Gasteiger partial charge in [0.2, 0.25) is 0 Å². The average molecular weight is 1040 g/mol. The number of nitrogens with zero attached hydrogens (tertiary/aromatic N) is 2. The highest BCUT2D eigenvalue weighted by Gasteiger charge is 2.51. The number of aromatic nitrogens is 1. The smallest absolute Gasteiger partial charge is 0.256 e. The molecule has 3 aliphatic heterocycles. The Hall–Kier alpha value is -8.90. The van der Waals surface area contributed by atoms with Crippen LogP contribution in [0.1, 0.15) is 59.5 Å². The highest BCUT2D eigenvalue weighted by Crippen LogP contribution is 2.49. The summed E-state index contributed by atoms with van der Waals surface area (Å²) in [7, 11) is -2.98. The first kappa shape index (κ1) is 42.2. The van der Waals surface area contributed by atoms with Crippen molar-refractivity contribution in [2.75, 3.05) is 4.90 Å². The molecule has 0 spiro atoms. The van der Waals surface area contributed by atoms with Gasteiger partial charge in [-0.3, -0.25) is 0 Å². The molecule has 0 unspecified atom stereocenters. The molecule has 5 heteroatoms. The topological polar surface area (TPSA) is 17.4 Å². The molecule has 0 fully saturated rings. The summed E-state index contributed by atoms with van der Waals surface area (Å²) in [5.41, 5.74) is 16.8. The lowest BCUT2D eigenvalue weighted by Gasteiger charge is -2.42. The van der Waals surface area contributed by atoms with E-state index in [9.17, 15) is 2.74 Å². The van der Waals surface area contributed by atoms with Gasteiger partial charge in [0, 0.05) is 33.4 Å². The maximum absolute atomic E-state index is 9.24. The minimum Gasteiger partial charge on any atom is -0.458 e. The Morgan fingerprint density at radius 2 is 1.08 bits per heavy atom. The van der Waals surface area contributed by atoms with E-state index in [1.807, 2.05) is 28.8 Å². The maximum atomic E-state index is 9.24. The molecular weight excluding hydrogens is 972 g/mol. The number of fused-ring (bicyclic) bond motifs is 10. The fraction of sp³-hybridized carbons (Fsp3) is 0.108. The van der Waals surface area contributed by atoms with Gasteiger partial charge in [0.15, 0.2) is 8.07 Å². The second kappa shape index (κ2) is 17.6. The zero-order valence-electron chi connectivity index (χ0n) is 50.2. The minimum absolute atomic E-state index is 0.109. The third kappa shape index (κ3) is 7.18. The quantitative estimate of drug-likeness (QED) is 0.154. The summed E-state index contributed by atoms with van der Waals surface area (Å²) in [6, 6.07) is 78.6. The molecule has 0 aliphatic carbocycles. The Morgan fingerprint density at radius 3 is 1.81 bits per heavy atom. The lowest BCUT2D eigenvalue weighted by atomic mass is 9.34. The van der Waals surface area contributed by atoms with Gasteiger partial charge < -0.3 is 14.2 Å². The molecule has 11 aromatic carbocycles. The molecule has 0 radical (unpaired) electrons. The average Bonchev–Trinajstić information content (AvgIpc) is 1.46. The van der Waals surface area contributed by atoms with Crippen LogP contribution < -0.4 is 46.8 Å². The van der Waals surface area contributed by atoms with E-state index in [1.54, 1.807) is 0 Å².